The standard InChI is InChI=1S/C10H22O.C2N2/c1-2-3-4-5-6-7-8-9-10-11;3-1-2-4/h11H,2-10H2,1H3;. The van der Waals surface area contributed by atoms with Crippen molar-refractivity contribution in [2.45, 2.75) is 58.3 Å². The van der Waals surface area contributed by atoms with Gasteiger partial charge < -0.3 is 5.11 Å². The summed E-state index contributed by atoms with van der Waals surface area (Å²) in [6, 6.07) is 2.47. The monoisotopic (exact) mass is 210 g/mol. The Morgan fingerprint density at radius 3 is 1.53 bits per heavy atom. The predicted molar refractivity (Wildman–Crippen MR) is 60.9 cm³/mol. The summed E-state index contributed by atoms with van der Waals surface area (Å²) < 4.78 is 0. The molecule has 0 aliphatic heterocycles. The summed E-state index contributed by atoms with van der Waals surface area (Å²) in [6.45, 7) is 2.61. The number of unbranched alkanes of at least 4 members (excludes halogenated alkanes) is 7. The molecule has 0 aromatic rings. The van der Waals surface area contributed by atoms with E-state index in [1.165, 1.54) is 57.1 Å². The van der Waals surface area contributed by atoms with E-state index in [0.29, 0.717) is 6.61 Å². The summed E-state index contributed by atoms with van der Waals surface area (Å²) in [7, 11) is 0. The van der Waals surface area contributed by atoms with Gasteiger partial charge in [-0.2, -0.15) is 10.5 Å². The van der Waals surface area contributed by atoms with Crippen molar-refractivity contribution in [1.29, 1.82) is 10.5 Å². The summed E-state index contributed by atoms with van der Waals surface area (Å²) in [4.78, 5) is 0. The summed E-state index contributed by atoms with van der Waals surface area (Å²) in [6.07, 6.45) is 10.4. The first kappa shape index (κ1) is 16.4. The van der Waals surface area contributed by atoms with Crippen molar-refractivity contribution in [2.75, 3.05) is 6.61 Å². The van der Waals surface area contributed by atoms with Crippen LogP contribution in [0.1, 0.15) is 58.3 Å². The van der Waals surface area contributed by atoms with Crippen LogP contribution < -0.4 is 0 Å². The molecule has 0 rings (SSSR count). The zero-order valence-corrected chi connectivity index (χ0v) is 9.71. The highest BCUT2D eigenvalue weighted by molar-refractivity contribution is 4.99. The first-order valence-electron chi connectivity index (χ1n) is 5.72. The van der Waals surface area contributed by atoms with E-state index >= 15 is 0 Å². The minimum atomic E-state index is 0.370. The van der Waals surface area contributed by atoms with Gasteiger partial charge in [0.15, 0.2) is 12.1 Å². The van der Waals surface area contributed by atoms with E-state index in [0.717, 1.165) is 6.42 Å². The summed E-state index contributed by atoms with van der Waals surface area (Å²) in [5, 5.41) is 23.0. The second-order valence-corrected chi connectivity index (χ2v) is 3.42. The average molecular weight is 210 g/mol. The maximum absolute atomic E-state index is 8.51. The molecule has 0 saturated heterocycles. The molecule has 0 aliphatic rings. The van der Waals surface area contributed by atoms with E-state index in [2.05, 4.69) is 6.92 Å². The van der Waals surface area contributed by atoms with Gasteiger partial charge in [0.2, 0.25) is 0 Å². The molecule has 3 nitrogen and oxygen atoms in total. The average Bonchev–Trinajstić information content (AvgIpc) is 2.28. The van der Waals surface area contributed by atoms with Gasteiger partial charge in [-0.25, -0.2) is 0 Å². The van der Waals surface area contributed by atoms with Crippen molar-refractivity contribution in [2.24, 2.45) is 0 Å². The summed E-state index contributed by atoms with van der Waals surface area (Å²) in [5.74, 6) is 0. The molecular formula is C12H22N2O. The van der Waals surface area contributed by atoms with Crippen molar-refractivity contribution in [1.82, 2.24) is 0 Å². The fourth-order valence-electron chi connectivity index (χ4n) is 1.25. The van der Waals surface area contributed by atoms with Crippen LogP contribution in [0.4, 0.5) is 0 Å². The van der Waals surface area contributed by atoms with Gasteiger partial charge in [-0.05, 0) is 6.42 Å². The lowest BCUT2D eigenvalue weighted by molar-refractivity contribution is 0.282. The summed E-state index contributed by atoms with van der Waals surface area (Å²) >= 11 is 0. The van der Waals surface area contributed by atoms with Gasteiger partial charge in [-0.1, -0.05) is 51.9 Å². The van der Waals surface area contributed by atoms with Crippen LogP contribution in [0.25, 0.3) is 0 Å². The molecule has 0 aliphatic carbocycles. The van der Waals surface area contributed by atoms with Gasteiger partial charge in [0.25, 0.3) is 0 Å². The fraction of sp³-hybridized carbons (Fsp3) is 0.833. The molecule has 0 spiro atoms. The normalized spacial score (nSPS) is 8.27. The molecule has 1 N–H and O–H groups in total. The number of rotatable bonds is 8. The molecule has 15 heavy (non-hydrogen) atoms. The van der Waals surface area contributed by atoms with Crippen LogP contribution in [0.5, 0.6) is 0 Å². The highest BCUT2D eigenvalue weighted by atomic mass is 16.2. The fourth-order valence-corrected chi connectivity index (χ4v) is 1.25. The lowest BCUT2D eigenvalue weighted by Gasteiger charge is -1.98. The molecule has 0 aromatic heterocycles. The van der Waals surface area contributed by atoms with E-state index in [9.17, 15) is 0 Å². The maximum Gasteiger partial charge on any atom is 0.181 e. The second kappa shape index (κ2) is 18.7. The van der Waals surface area contributed by atoms with Crippen LogP contribution in [0, 0.1) is 22.7 Å². The lowest BCUT2D eigenvalue weighted by Crippen LogP contribution is -1.83. The van der Waals surface area contributed by atoms with Crippen LogP contribution in [-0.2, 0) is 0 Å². The summed E-state index contributed by atoms with van der Waals surface area (Å²) in [5.41, 5.74) is 0. The quantitative estimate of drug-likeness (QED) is 0.626. The molecule has 0 atom stereocenters. The van der Waals surface area contributed by atoms with Gasteiger partial charge in [0.1, 0.15) is 0 Å². The van der Waals surface area contributed by atoms with Gasteiger partial charge in [-0.3, -0.25) is 0 Å². The maximum atomic E-state index is 8.51. The van der Waals surface area contributed by atoms with Crippen molar-refractivity contribution in [3.05, 3.63) is 0 Å². The molecule has 0 aromatic carbocycles. The highest BCUT2D eigenvalue weighted by Crippen LogP contribution is 2.07. The second-order valence-electron chi connectivity index (χ2n) is 3.42. The van der Waals surface area contributed by atoms with Crippen molar-refractivity contribution < 1.29 is 5.11 Å². The Kier molecular flexibility index (Phi) is 20.4. The molecule has 0 fully saturated rings. The Morgan fingerprint density at radius 1 is 0.800 bits per heavy atom. The van der Waals surface area contributed by atoms with Crippen LogP contribution >= 0.6 is 0 Å². The number of hydrogen-bond acceptors (Lipinski definition) is 3. The predicted octanol–water partition coefficient (Wildman–Crippen LogP) is 3.15. The van der Waals surface area contributed by atoms with E-state index in [1.54, 1.807) is 0 Å². The number of nitrogens with zero attached hydrogens (tertiary/aromatic N) is 2. The molecule has 0 saturated carbocycles. The molecule has 0 amide bonds. The number of aliphatic hydroxyl groups excluding tert-OH is 1. The van der Waals surface area contributed by atoms with E-state index in [1.807, 2.05) is 0 Å². The van der Waals surface area contributed by atoms with Gasteiger partial charge in [-0.15, -0.1) is 0 Å². The SMILES string of the molecule is CCCCCCCCCCO.N#CC#N. The Bertz CT molecular complexity index is 159. The molecule has 0 bridgehead atoms. The molecule has 86 valence electrons. The minimum absolute atomic E-state index is 0.370. The third-order valence-electron chi connectivity index (χ3n) is 2.06. The molecular weight excluding hydrogens is 188 g/mol. The third kappa shape index (κ3) is 24.6. The van der Waals surface area contributed by atoms with Crippen LogP contribution in [0.3, 0.4) is 0 Å². The Hall–Kier alpha value is -1.06. The molecule has 0 unspecified atom stereocenters. The smallest absolute Gasteiger partial charge is 0.181 e. The number of nitriles is 2. The number of hydrogen-bond donors (Lipinski definition) is 1. The first-order chi connectivity index (χ1) is 7.33. The zero-order chi connectivity index (χ0) is 11.8. The number of aliphatic hydroxyl groups is 1. The molecule has 3 heteroatoms. The van der Waals surface area contributed by atoms with Crippen LogP contribution in [0.2, 0.25) is 0 Å². The van der Waals surface area contributed by atoms with Crippen molar-refractivity contribution >= 4 is 0 Å². The van der Waals surface area contributed by atoms with Crippen molar-refractivity contribution in [3.63, 3.8) is 0 Å². The Balaban J connectivity index is 0. The third-order valence-corrected chi connectivity index (χ3v) is 2.06. The first-order valence-corrected chi connectivity index (χ1v) is 5.72. The topological polar surface area (TPSA) is 67.8 Å². The van der Waals surface area contributed by atoms with Gasteiger partial charge in [0, 0.05) is 6.61 Å². The minimum Gasteiger partial charge on any atom is -0.396 e. The molecule has 0 radical (unpaired) electrons. The van der Waals surface area contributed by atoms with E-state index in [4.69, 9.17) is 15.6 Å². The zero-order valence-electron chi connectivity index (χ0n) is 9.71. The molecule has 0 heterocycles. The van der Waals surface area contributed by atoms with Gasteiger partial charge >= 0.3 is 0 Å². The lowest BCUT2D eigenvalue weighted by atomic mass is 10.1. The van der Waals surface area contributed by atoms with E-state index < -0.39 is 0 Å². The highest BCUT2D eigenvalue weighted by Gasteiger charge is 1.89. The van der Waals surface area contributed by atoms with Crippen LogP contribution in [0.15, 0.2) is 0 Å². The Morgan fingerprint density at radius 2 is 1.20 bits per heavy atom. The Labute approximate surface area is 93.3 Å². The largest absolute Gasteiger partial charge is 0.396 e. The van der Waals surface area contributed by atoms with E-state index in [-0.39, 0.29) is 0 Å². The van der Waals surface area contributed by atoms with Crippen LogP contribution in [-0.4, -0.2) is 11.7 Å². The van der Waals surface area contributed by atoms with Gasteiger partial charge in [0.05, 0.1) is 0 Å². The van der Waals surface area contributed by atoms with Crippen molar-refractivity contribution in [3.8, 4) is 12.1 Å².